The van der Waals surface area contributed by atoms with E-state index in [1.807, 2.05) is 6.07 Å². The van der Waals surface area contributed by atoms with Crippen molar-refractivity contribution in [1.82, 2.24) is 0 Å². The number of aromatic hydroxyl groups is 1. The number of fused-ring (bicyclic) bond motifs is 1. The molecule has 0 aliphatic carbocycles. The van der Waals surface area contributed by atoms with Gasteiger partial charge < -0.3 is 9.84 Å². The highest BCUT2D eigenvalue weighted by molar-refractivity contribution is 8.01. The number of phenols is 1. The summed E-state index contributed by atoms with van der Waals surface area (Å²) in [5.41, 5.74) is 1.15. The quantitative estimate of drug-likeness (QED) is 0.755. The molecule has 1 fully saturated rings. The maximum absolute atomic E-state index is 14.0. The Morgan fingerprint density at radius 2 is 2.38 bits per heavy atom. The van der Waals surface area contributed by atoms with Gasteiger partial charge in [0.1, 0.15) is 11.9 Å². The third-order valence-electron chi connectivity index (χ3n) is 3.36. The van der Waals surface area contributed by atoms with Gasteiger partial charge >= 0.3 is 0 Å². The van der Waals surface area contributed by atoms with E-state index in [-0.39, 0.29) is 17.1 Å². The van der Waals surface area contributed by atoms with E-state index in [9.17, 15) is 9.50 Å². The molecule has 3 rings (SSSR count). The topological polar surface area (TPSA) is 29.5 Å². The minimum Gasteiger partial charge on any atom is -0.508 e. The first-order chi connectivity index (χ1) is 7.70. The molecule has 1 aromatic carbocycles. The highest BCUT2D eigenvalue weighted by atomic mass is 32.2. The van der Waals surface area contributed by atoms with Crippen LogP contribution in [0.25, 0.3) is 0 Å². The lowest BCUT2D eigenvalue weighted by molar-refractivity contribution is 0.0133. The van der Waals surface area contributed by atoms with Crippen molar-refractivity contribution in [3.8, 4) is 5.75 Å². The normalized spacial score (nSPS) is 32.9. The number of halogens is 1. The summed E-state index contributed by atoms with van der Waals surface area (Å²) in [7, 11) is 0. The third kappa shape index (κ3) is 1.52. The van der Waals surface area contributed by atoms with E-state index in [0.29, 0.717) is 6.61 Å². The van der Waals surface area contributed by atoms with Crippen molar-refractivity contribution in [3.63, 3.8) is 0 Å². The molecule has 0 amide bonds. The molecule has 2 aliphatic heterocycles. The third-order valence-corrected chi connectivity index (χ3v) is 4.97. The van der Waals surface area contributed by atoms with Crippen molar-refractivity contribution in [2.75, 3.05) is 13.2 Å². The number of alkyl halides is 1. The molecule has 2 heterocycles. The largest absolute Gasteiger partial charge is 0.508 e. The highest BCUT2D eigenvalue weighted by Crippen LogP contribution is 2.51. The van der Waals surface area contributed by atoms with Crippen molar-refractivity contribution in [2.45, 2.75) is 28.7 Å². The number of rotatable bonds is 0. The second-order valence-corrected chi connectivity index (χ2v) is 5.89. The van der Waals surface area contributed by atoms with Gasteiger partial charge in [-0.2, -0.15) is 0 Å². The van der Waals surface area contributed by atoms with Gasteiger partial charge in [-0.05, 0) is 30.5 Å². The fraction of sp³-hybridized carbons (Fsp3) is 0.500. The molecule has 2 nitrogen and oxygen atoms in total. The number of hydrogen-bond donors (Lipinski definition) is 1. The zero-order chi connectivity index (χ0) is 11.2. The molecule has 0 saturated carbocycles. The molecule has 86 valence electrons. The van der Waals surface area contributed by atoms with E-state index < -0.39 is 6.17 Å². The molecule has 4 heteroatoms. The Morgan fingerprint density at radius 1 is 1.50 bits per heavy atom. The van der Waals surface area contributed by atoms with E-state index in [4.69, 9.17) is 4.74 Å². The zero-order valence-corrected chi connectivity index (χ0v) is 9.60. The summed E-state index contributed by atoms with van der Waals surface area (Å²) in [6, 6.07) is 5.30. The van der Waals surface area contributed by atoms with Crippen LogP contribution in [0.1, 0.15) is 12.0 Å². The molecule has 0 radical (unpaired) electrons. The van der Waals surface area contributed by atoms with Gasteiger partial charge in [-0.15, -0.1) is 11.8 Å². The van der Waals surface area contributed by atoms with E-state index in [1.165, 1.54) is 0 Å². The summed E-state index contributed by atoms with van der Waals surface area (Å²) in [6.07, 6.45) is 0.576. The molecule has 1 aromatic rings. The van der Waals surface area contributed by atoms with E-state index in [2.05, 4.69) is 0 Å². The first-order valence-electron chi connectivity index (χ1n) is 5.42. The van der Waals surface area contributed by atoms with Crippen molar-refractivity contribution >= 4 is 11.8 Å². The van der Waals surface area contributed by atoms with Crippen LogP contribution in [0.3, 0.4) is 0 Å². The number of benzene rings is 1. The Morgan fingerprint density at radius 3 is 3.19 bits per heavy atom. The van der Waals surface area contributed by atoms with Gasteiger partial charge in [0, 0.05) is 11.5 Å². The fourth-order valence-corrected chi connectivity index (χ4v) is 3.91. The summed E-state index contributed by atoms with van der Waals surface area (Å²) in [6.45, 7) is 0.834. The fourth-order valence-electron chi connectivity index (χ4n) is 2.42. The van der Waals surface area contributed by atoms with E-state index in [1.54, 1.807) is 23.9 Å². The lowest BCUT2D eigenvalue weighted by Gasteiger charge is -2.35. The van der Waals surface area contributed by atoms with E-state index in [0.717, 1.165) is 23.3 Å². The summed E-state index contributed by atoms with van der Waals surface area (Å²) in [5, 5.41) is 9.42. The van der Waals surface area contributed by atoms with Crippen LogP contribution in [0.15, 0.2) is 23.1 Å². The Labute approximate surface area is 97.8 Å². The first-order valence-corrected chi connectivity index (χ1v) is 6.24. The lowest BCUT2D eigenvalue weighted by atomic mass is 9.90. The number of phenolic OH excluding ortho intramolecular Hbond substituents is 1. The Hall–Kier alpha value is -0.740. The van der Waals surface area contributed by atoms with Crippen LogP contribution in [-0.4, -0.2) is 29.2 Å². The van der Waals surface area contributed by atoms with Crippen molar-refractivity contribution in [3.05, 3.63) is 23.8 Å². The molecule has 0 bridgehead atoms. The molecular weight excluding hydrogens is 227 g/mol. The molecular formula is C12H13FO2S. The van der Waals surface area contributed by atoms with E-state index >= 15 is 0 Å². The van der Waals surface area contributed by atoms with Crippen molar-refractivity contribution in [2.24, 2.45) is 0 Å². The Bertz CT molecular complexity index is 423. The average Bonchev–Trinajstić information content (AvgIpc) is 2.61. The predicted octanol–water partition coefficient (Wildman–Crippen LogP) is 2.54. The van der Waals surface area contributed by atoms with Crippen LogP contribution < -0.4 is 0 Å². The maximum Gasteiger partial charge on any atom is 0.139 e. The van der Waals surface area contributed by atoms with Gasteiger partial charge in [0.05, 0.1) is 11.4 Å². The van der Waals surface area contributed by atoms with Gasteiger partial charge in [0.15, 0.2) is 0 Å². The molecule has 0 aromatic heterocycles. The SMILES string of the molecule is Oc1ccc2c(c1)SC1(CCOCC1F)C2. The minimum atomic E-state index is -0.916. The van der Waals surface area contributed by atoms with Gasteiger partial charge in [-0.25, -0.2) is 4.39 Å². The lowest BCUT2D eigenvalue weighted by Crippen LogP contribution is -2.44. The number of hydrogen-bond acceptors (Lipinski definition) is 3. The second kappa shape index (κ2) is 3.64. The molecule has 2 atom stereocenters. The number of ether oxygens (including phenoxy) is 1. The average molecular weight is 240 g/mol. The van der Waals surface area contributed by atoms with Crippen LogP contribution in [0.4, 0.5) is 4.39 Å². The minimum absolute atomic E-state index is 0.201. The Balaban J connectivity index is 1.93. The van der Waals surface area contributed by atoms with Crippen LogP contribution >= 0.6 is 11.8 Å². The van der Waals surface area contributed by atoms with Crippen molar-refractivity contribution < 1.29 is 14.2 Å². The molecule has 2 unspecified atom stereocenters. The second-order valence-electron chi connectivity index (χ2n) is 4.43. The molecule has 1 N–H and O–H groups in total. The van der Waals surface area contributed by atoms with Crippen LogP contribution in [0.2, 0.25) is 0 Å². The van der Waals surface area contributed by atoms with Crippen molar-refractivity contribution in [1.29, 1.82) is 0 Å². The molecule has 2 aliphatic rings. The van der Waals surface area contributed by atoms with Crippen LogP contribution in [0.5, 0.6) is 5.75 Å². The summed E-state index contributed by atoms with van der Waals surface area (Å²) in [5.74, 6) is 0.255. The summed E-state index contributed by atoms with van der Waals surface area (Å²) >= 11 is 1.57. The number of thioether (sulfide) groups is 1. The van der Waals surface area contributed by atoms with Crippen LogP contribution in [0, 0.1) is 0 Å². The van der Waals surface area contributed by atoms with Gasteiger partial charge in [0.2, 0.25) is 0 Å². The zero-order valence-electron chi connectivity index (χ0n) is 8.78. The monoisotopic (exact) mass is 240 g/mol. The molecule has 1 spiro atoms. The molecule has 16 heavy (non-hydrogen) atoms. The van der Waals surface area contributed by atoms with Gasteiger partial charge in [-0.1, -0.05) is 6.07 Å². The van der Waals surface area contributed by atoms with Gasteiger partial charge in [-0.3, -0.25) is 0 Å². The summed E-state index contributed by atoms with van der Waals surface area (Å²) in [4.78, 5) is 1.02. The Kier molecular flexibility index (Phi) is 2.37. The predicted molar refractivity (Wildman–Crippen MR) is 60.7 cm³/mol. The first kappa shape index (κ1) is 10.4. The van der Waals surface area contributed by atoms with Gasteiger partial charge in [0.25, 0.3) is 0 Å². The maximum atomic E-state index is 14.0. The standard InChI is InChI=1S/C12H13FO2S/c13-11-7-15-4-3-12(11)6-8-1-2-9(14)5-10(8)16-12/h1-2,5,11,14H,3-4,6-7H2. The highest BCUT2D eigenvalue weighted by Gasteiger charge is 2.47. The summed E-state index contributed by atoms with van der Waals surface area (Å²) < 4.78 is 18.8. The molecule has 1 saturated heterocycles. The van der Waals surface area contributed by atoms with Crippen LogP contribution in [-0.2, 0) is 11.2 Å². The smallest absolute Gasteiger partial charge is 0.139 e.